The smallest absolute Gasteiger partial charge is 0.227 e. The number of aryl methyl sites for hydroxylation is 2. The summed E-state index contributed by atoms with van der Waals surface area (Å²) >= 11 is 0. The van der Waals surface area contributed by atoms with Crippen LogP contribution in [0.5, 0.6) is 0 Å². The van der Waals surface area contributed by atoms with Gasteiger partial charge in [0.25, 0.3) is 0 Å². The third-order valence-electron chi connectivity index (χ3n) is 4.22. The molecule has 0 saturated carbocycles. The van der Waals surface area contributed by atoms with Crippen molar-refractivity contribution in [3.05, 3.63) is 41.7 Å². The Morgan fingerprint density at radius 2 is 2.04 bits per heavy atom. The minimum absolute atomic E-state index is 0.0267. The average Bonchev–Trinajstić information content (AvgIpc) is 2.95. The number of hydrogen-bond acceptors (Lipinski definition) is 4. The Morgan fingerprint density at radius 3 is 2.78 bits per heavy atom. The predicted octanol–water partition coefficient (Wildman–Crippen LogP) is 1.85. The molecular formula is C17H23N5O. The van der Waals surface area contributed by atoms with Crippen molar-refractivity contribution in [2.75, 3.05) is 18.4 Å². The molecule has 6 heteroatoms. The Balaban J connectivity index is 1.56. The molecule has 0 bridgehead atoms. The number of nitrogens with zero attached hydrogens (tertiary/aromatic N) is 3. The van der Waals surface area contributed by atoms with Crippen molar-refractivity contribution in [1.82, 2.24) is 20.1 Å². The van der Waals surface area contributed by atoms with Crippen LogP contribution in [0.3, 0.4) is 0 Å². The molecule has 23 heavy (non-hydrogen) atoms. The van der Waals surface area contributed by atoms with Gasteiger partial charge in [-0.05, 0) is 37.9 Å². The fourth-order valence-corrected chi connectivity index (χ4v) is 2.86. The Kier molecular flexibility index (Phi) is 5.02. The van der Waals surface area contributed by atoms with Gasteiger partial charge >= 0.3 is 0 Å². The van der Waals surface area contributed by atoms with E-state index in [1.165, 1.54) is 0 Å². The highest BCUT2D eigenvalue weighted by Crippen LogP contribution is 2.23. The largest absolute Gasteiger partial charge is 0.317 e. The fraction of sp³-hybridized carbons (Fsp3) is 0.471. The van der Waals surface area contributed by atoms with Gasteiger partial charge in [-0.25, -0.2) is 4.68 Å². The number of piperidine rings is 1. The zero-order valence-electron chi connectivity index (χ0n) is 13.5. The van der Waals surface area contributed by atoms with Gasteiger partial charge in [-0.1, -0.05) is 30.3 Å². The highest BCUT2D eigenvalue weighted by atomic mass is 16.1. The molecule has 1 aliphatic rings. The Morgan fingerprint density at radius 1 is 1.30 bits per heavy atom. The molecule has 0 radical (unpaired) electrons. The van der Waals surface area contributed by atoms with E-state index in [4.69, 9.17) is 0 Å². The molecule has 2 heterocycles. The van der Waals surface area contributed by atoms with Gasteiger partial charge in [0.2, 0.25) is 11.9 Å². The zero-order chi connectivity index (χ0) is 16.1. The first-order valence-electron chi connectivity index (χ1n) is 8.18. The van der Waals surface area contributed by atoms with Crippen molar-refractivity contribution in [1.29, 1.82) is 0 Å². The number of aromatic nitrogens is 3. The van der Waals surface area contributed by atoms with Crippen molar-refractivity contribution in [3.8, 4) is 0 Å². The second kappa shape index (κ2) is 7.37. The van der Waals surface area contributed by atoms with E-state index in [1.54, 1.807) is 4.68 Å². The standard InChI is InChI=1S/C17H23N5O/c1-22-17(20-16(21-22)14-9-11-18-12-10-14)19-15(23)8-7-13-5-3-2-4-6-13/h2-6,14,18H,7-12H2,1H3,(H,19,20,21,23). The predicted molar refractivity (Wildman–Crippen MR) is 89.2 cm³/mol. The second-order valence-corrected chi connectivity index (χ2v) is 5.98. The summed E-state index contributed by atoms with van der Waals surface area (Å²) in [6, 6.07) is 10.0. The molecule has 2 N–H and O–H groups in total. The van der Waals surface area contributed by atoms with Crippen LogP contribution >= 0.6 is 0 Å². The highest BCUT2D eigenvalue weighted by molar-refractivity contribution is 5.89. The number of benzene rings is 1. The summed E-state index contributed by atoms with van der Waals surface area (Å²) in [5.41, 5.74) is 1.16. The van der Waals surface area contributed by atoms with E-state index in [1.807, 2.05) is 37.4 Å². The van der Waals surface area contributed by atoms with Crippen molar-refractivity contribution >= 4 is 11.9 Å². The van der Waals surface area contributed by atoms with E-state index in [-0.39, 0.29) is 5.91 Å². The maximum atomic E-state index is 12.1. The summed E-state index contributed by atoms with van der Waals surface area (Å²) in [4.78, 5) is 16.6. The van der Waals surface area contributed by atoms with Crippen LogP contribution in [0.15, 0.2) is 30.3 Å². The fourth-order valence-electron chi connectivity index (χ4n) is 2.86. The van der Waals surface area contributed by atoms with E-state index < -0.39 is 0 Å². The first-order valence-corrected chi connectivity index (χ1v) is 8.18. The van der Waals surface area contributed by atoms with Gasteiger partial charge in [0, 0.05) is 19.4 Å². The van der Waals surface area contributed by atoms with Crippen LogP contribution in [0.25, 0.3) is 0 Å². The minimum Gasteiger partial charge on any atom is -0.317 e. The van der Waals surface area contributed by atoms with Crippen LogP contribution < -0.4 is 10.6 Å². The second-order valence-electron chi connectivity index (χ2n) is 5.98. The topological polar surface area (TPSA) is 71.8 Å². The molecule has 2 aromatic rings. The molecule has 1 fully saturated rings. The molecule has 1 aromatic heterocycles. The van der Waals surface area contributed by atoms with Gasteiger partial charge in [-0.3, -0.25) is 10.1 Å². The summed E-state index contributed by atoms with van der Waals surface area (Å²) in [5, 5.41) is 10.7. The Labute approximate surface area is 136 Å². The molecule has 0 atom stereocenters. The lowest BCUT2D eigenvalue weighted by Crippen LogP contribution is -2.27. The number of nitrogens with one attached hydrogen (secondary N) is 2. The highest BCUT2D eigenvalue weighted by Gasteiger charge is 2.21. The summed E-state index contributed by atoms with van der Waals surface area (Å²) in [6.07, 6.45) is 3.27. The Bertz CT molecular complexity index is 646. The minimum atomic E-state index is -0.0267. The van der Waals surface area contributed by atoms with Gasteiger partial charge < -0.3 is 5.32 Å². The molecule has 0 unspecified atom stereocenters. The number of anilines is 1. The van der Waals surface area contributed by atoms with Crippen LogP contribution in [0.2, 0.25) is 0 Å². The van der Waals surface area contributed by atoms with Crippen LogP contribution in [-0.2, 0) is 18.3 Å². The molecule has 1 amide bonds. The van der Waals surface area contributed by atoms with Crippen LogP contribution in [-0.4, -0.2) is 33.8 Å². The monoisotopic (exact) mass is 313 g/mol. The summed E-state index contributed by atoms with van der Waals surface area (Å²) in [7, 11) is 1.82. The molecule has 122 valence electrons. The molecule has 1 saturated heterocycles. The van der Waals surface area contributed by atoms with E-state index in [9.17, 15) is 4.79 Å². The van der Waals surface area contributed by atoms with E-state index in [2.05, 4.69) is 20.7 Å². The van der Waals surface area contributed by atoms with Gasteiger partial charge in [0.15, 0.2) is 5.82 Å². The molecule has 1 aliphatic heterocycles. The average molecular weight is 313 g/mol. The van der Waals surface area contributed by atoms with Gasteiger partial charge in [0.1, 0.15) is 0 Å². The third kappa shape index (κ3) is 4.16. The van der Waals surface area contributed by atoms with Gasteiger partial charge in [-0.2, -0.15) is 10.1 Å². The van der Waals surface area contributed by atoms with Gasteiger partial charge in [0.05, 0.1) is 0 Å². The summed E-state index contributed by atoms with van der Waals surface area (Å²) < 4.78 is 1.66. The number of carbonyl (C=O) groups is 1. The molecule has 6 nitrogen and oxygen atoms in total. The van der Waals surface area contributed by atoms with Crippen LogP contribution in [0, 0.1) is 0 Å². The molecule has 1 aromatic carbocycles. The number of amides is 1. The Hall–Kier alpha value is -2.21. The van der Waals surface area contributed by atoms with Crippen molar-refractivity contribution in [3.63, 3.8) is 0 Å². The first-order chi connectivity index (χ1) is 11.2. The van der Waals surface area contributed by atoms with Gasteiger partial charge in [-0.15, -0.1) is 0 Å². The number of rotatable bonds is 5. The molecular weight excluding hydrogens is 290 g/mol. The quantitative estimate of drug-likeness (QED) is 0.884. The molecule has 0 spiro atoms. The summed E-state index contributed by atoms with van der Waals surface area (Å²) in [6.45, 7) is 2.00. The number of carbonyl (C=O) groups excluding carboxylic acids is 1. The van der Waals surface area contributed by atoms with E-state index in [0.717, 1.165) is 43.7 Å². The SMILES string of the molecule is Cn1nc(C2CCNCC2)nc1NC(=O)CCc1ccccc1. The lowest BCUT2D eigenvalue weighted by molar-refractivity contribution is -0.116. The maximum absolute atomic E-state index is 12.1. The van der Waals surface area contributed by atoms with Crippen molar-refractivity contribution in [2.45, 2.75) is 31.6 Å². The molecule has 0 aliphatic carbocycles. The van der Waals surface area contributed by atoms with Crippen molar-refractivity contribution in [2.24, 2.45) is 7.05 Å². The summed E-state index contributed by atoms with van der Waals surface area (Å²) in [5.74, 6) is 1.74. The zero-order valence-corrected chi connectivity index (χ0v) is 13.5. The van der Waals surface area contributed by atoms with Crippen LogP contribution in [0.1, 0.15) is 36.6 Å². The van der Waals surface area contributed by atoms with E-state index in [0.29, 0.717) is 18.3 Å². The van der Waals surface area contributed by atoms with E-state index >= 15 is 0 Å². The third-order valence-corrected chi connectivity index (χ3v) is 4.22. The molecule has 3 rings (SSSR count). The first kappa shape index (κ1) is 15.7. The maximum Gasteiger partial charge on any atom is 0.227 e. The van der Waals surface area contributed by atoms with Crippen molar-refractivity contribution < 1.29 is 4.79 Å². The normalized spacial score (nSPS) is 15.5. The number of hydrogen-bond donors (Lipinski definition) is 2. The van der Waals surface area contributed by atoms with Crippen LogP contribution in [0.4, 0.5) is 5.95 Å². The lowest BCUT2D eigenvalue weighted by atomic mass is 9.98. The lowest BCUT2D eigenvalue weighted by Gasteiger charge is -2.19.